The van der Waals surface area contributed by atoms with E-state index in [0.29, 0.717) is 12.1 Å². The first-order chi connectivity index (χ1) is 33.8. The minimum absolute atomic E-state index is 0.0689. The van der Waals surface area contributed by atoms with Crippen molar-refractivity contribution in [1.29, 1.82) is 5.26 Å². The smallest absolute Gasteiger partial charge is 0.327 e. The number of nitriles is 1. The Morgan fingerprint density at radius 1 is 0.944 bits per heavy atom. The van der Waals surface area contributed by atoms with E-state index in [-0.39, 0.29) is 53.4 Å². The third-order valence-electron chi connectivity index (χ3n) is 13.6. The van der Waals surface area contributed by atoms with E-state index in [1.165, 1.54) is 28.1 Å². The summed E-state index contributed by atoms with van der Waals surface area (Å²) in [6.07, 6.45) is -3.37. The molecule has 0 spiro atoms. The van der Waals surface area contributed by atoms with Gasteiger partial charge in [0, 0.05) is 19.3 Å². The molecule has 3 saturated heterocycles. The highest BCUT2D eigenvalue weighted by molar-refractivity contribution is 8.07. The minimum atomic E-state index is -4.35. The van der Waals surface area contributed by atoms with Gasteiger partial charge in [0.25, 0.3) is 17.4 Å². The second-order valence-corrected chi connectivity index (χ2v) is 30.7. The number of amides is 2. The van der Waals surface area contributed by atoms with Gasteiger partial charge in [-0.05, 0) is 78.0 Å². The number of carbonyl (C=O) groups excluding carboxylic acids is 2. The predicted molar refractivity (Wildman–Crippen MR) is 264 cm³/mol. The number of hydrogen-bond donors (Lipinski definition) is 1. The quantitative estimate of drug-likeness (QED) is 0.0548. The average Bonchev–Trinajstić information content (AvgIpc) is 4.09. The number of rotatable bonds is 10. The molecular formula is C43H50FN9O12P2S3Si. The molecule has 2 unspecified atom stereocenters. The van der Waals surface area contributed by atoms with E-state index in [9.17, 15) is 24.5 Å². The summed E-state index contributed by atoms with van der Waals surface area (Å²) in [6.45, 7) is 0.425. The van der Waals surface area contributed by atoms with Gasteiger partial charge < -0.3 is 36.9 Å². The number of aryl methyl sites for hydroxylation is 1. The predicted octanol–water partition coefficient (Wildman–Crippen LogP) is 6.08. The molecule has 2 amide bonds. The number of ether oxygens (including phenoxy) is 2. The largest absolute Gasteiger partial charge is 0.408 e. The van der Waals surface area contributed by atoms with Crippen LogP contribution in [0, 0.1) is 11.3 Å². The number of nitrogens with zero attached hydrogens (tertiary/aromatic N) is 9. The van der Waals surface area contributed by atoms with Crippen LogP contribution in [0.4, 0.5) is 4.39 Å². The number of imidazole rings is 1. The second-order valence-electron chi connectivity index (χ2n) is 19.1. The van der Waals surface area contributed by atoms with Gasteiger partial charge in [-0.3, -0.25) is 37.5 Å². The van der Waals surface area contributed by atoms with Gasteiger partial charge in [0.2, 0.25) is 0 Å². The molecule has 10 rings (SSSR count). The fraction of sp³-hybridized carbons (Fsp3) is 0.535. The van der Waals surface area contributed by atoms with Crippen molar-refractivity contribution in [3.8, 4) is 6.07 Å². The van der Waals surface area contributed by atoms with E-state index in [0.717, 1.165) is 33.0 Å². The van der Waals surface area contributed by atoms with Crippen LogP contribution in [-0.4, -0.2) is 132 Å². The molecule has 2 bridgehead atoms. The summed E-state index contributed by atoms with van der Waals surface area (Å²) >= 11 is 13.3. The van der Waals surface area contributed by atoms with Crippen LogP contribution in [0.5, 0.6) is 0 Å². The molecule has 9 heterocycles. The molecule has 0 saturated carbocycles. The number of carbonyl (C=O) groups is 2. The van der Waals surface area contributed by atoms with Crippen molar-refractivity contribution < 1.29 is 55.4 Å². The number of hydrogen-bond acceptors (Lipinski definition) is 19. The first-order valence-corrected chi connectivity index (χ1v) is 31.9. The summed E-state index contributed by atoms with van der Waals surface area (Å²) in [7, 11) is -2.78. The normalized spacial score (nSPS) is 30.4. The van der Waals surface area contributed by atoms with Gasteiger partial charge in [0.05, 0.1) is 55.2 Å². The van der Waals surface area contributed by atoms with Gasteiger partial charge in [-0.25, -0.2) is 24.3 Å². The van der Waals surface area contributed by atoms with Crippen LogP contribution in [-0.2, 0) is 73.1 Å². The molecule has 3 fully saturated rings. The van der Waals surface area contributed by atoms with Crippen LogP contribution < -0.4 is 5.56 Å². The van der Waals surface area contributed by atoms with Crippen LogP contribution in [0.15, 0.2) is 59.3 Å². The Balaban J connectivity index is 0.995. The summed E-state index contributed by atoms with van der Waals surface area (Å²) in [5.74, 6) is -0.0594. The van der Waals surface area contributed by atoms with Crippen molar-refractivity contribution in [3.05, 3.63) is 76.5 Å². The summed E-state index contributed by atoms with van der Waals surface area (Å²) in [5, 5.41) is 10.8. The third kappa shape index (κ3) is 9.55. The van der Waals surface area contributed by atoms with Crippen molar-refractivity contribution in [1.82, 2.24) is 38.5 Å². The van der Waals surface area contributed by atoms with Crippen LogP contribution in [0.3, 0.4) is 0 Å². The number of imide groups is 1. The molecule has 21 nitrogen and oxygen atoms in total. The van der Waals surface area contributed by atoms with Gasteiger partial charge in [-0.1, -0.05) is 32.9 Å². The molecule has 5 aliphatic rings. The zero-order valence-corrected chi connectivity index (χ0v) is 44.3. The molecule has 0 radical (unpaired) electrons. The fourth-order valence-corrected chi connectivity index (χ4v) is 14.8. The highest BCUT2D eigenvalue weighted by Gasteiger charge is 2.56. The fourth-order valence-electron chi connectivity index (χ4n) is 8.98. The summed E-state index contributed by atoms with van der Waals surface area (Å²) in [4.78, 5) is 71.2. The number of alkyl halides is 1. The average molecular weight is 1090 g/mol. The molecule has 10 atom stereocenters. The number of benzene rings is 1. The standard InChI is InChI=1S/C43H50FN9O12P2S3Si/c1-43(2,3)71(4,5)65-33-28-19-59-66(57,68)63-32-27(61-41(30(32)44)52-18-24-10-8-17-70-37-29(24)35(52)46-21-47-37)20-60-67(69,58-16-9-13-45)64-34(33)42(62-28)53-23-48-31-36(53)49-22-50(40(31)56)14-15-51-38(54)25-11-6-7-12-26(25)39(51)55/h6-7,11-12,18,21-23,27-28,30,32-34,41-42H,8-10,14-17,19-20H2,1-5H3,(H,57,68)/t27-,28-,30-,32-,33-,34-,41-,42-,66?,67?/m1/s1. The van der Waals surface area contributed by atoms with Crippen molar-refractivity contribution >= 4 is 91.1 Å². The molecular weight excluding hydrogens is 1040 g/mol. The van der Waals surface area contributed by atoms with Crippen LogP contribution in [0.2, 0.25) is 18.1 Å². The summed E-state index contributed by atoms with van der Waals surface area (Å²) in [6, 6.07) is 8.54. The molecule has 1 N–H and O–H groups in total. The molecule has 28 heteroatoms. The molecule has 5 aromatic rings. The third-order valence-corrected chi connectivity index (χ3v) is 23.0. The van der Waals surface area contributed by atoms with Gasteiger partial charge in [-0.15, -0.1) is 11.8 Å². The van der Waals surface area contributed by atoms with Crippen LogP contribution in [0.1, 0.15) is 72.3 Å². The Bertz CT molecular complexity index is 3100. The van der Waals surface area contributed by atoms with Crippen molar-refractivity contribution in [2.45, 2.75) is 119 Å². The highest BCUT2D eigenvalue weighted by atomic mass is 32.5. The Kier molecular flexibility index (Phi) is 14.0. The second kappa shape index (κ2) is 19.5. The summed E-state index contributed by atoms with van der Waals surface area (Å²) < 4.78 is 73.3. The molecule has 71 heavy (non-hydrogen) atoms. The van der Waals surface area contributed by atoms with Crippen molar-refractivity contribution in [3.63, 3.8) is 0 Å². The van der Waals surface area contributed by atoms with Gasteiger partial charge in [0.1, 0.15) is 53.8 Å². The van der Waals surface area contributed by atoms with E-state index in [1.807, 2.05) is 39.9 Å². The topological polar surface area (TPSA) is 239 Å². The van der Waals surface area contributed by atoms with E-state index in [4.69, 9.17) is 60.1 Å². The lowest BCUT2D eigenvalue weighted by molar-refractivity contribution is -0.0615. The molecule has 0 aliphatic carbocycles. The van der Waals surface area contributed by atoms with Crippen molar-refractivity contribution in [2.24, 2.45) is 0 Å². The van der Waals surface area contributed by atoms with Gasteiger partial charge >= 0.3 is 13.4 Å². The summed E-state index contributed by atoms with van der Waals surface area (Å²) in [5.41, 5.74) is 1.39. The number of aromatic nitrogens is 7. The maximum absolute atomic E-state index is 17.1. The maximum Gasteiger partial charge on any atom is 0.327 e. The monoisotopic (exact) mass is 1090 g/mol. The Morgan fingerprint density at radius 2 is 1.68 bits per heavy atom. The minimum Gasteiger partial charge on any atom is -0.408 e. The molecule has 5 aliphatic heterocycles. The lowest BCUT2D eigenvalue weighted by Gasteiger charge is -2.41. The van der Waals surface area contributed by atoms with Gasteiger partial charge in [-0.2, -0.15) is 5.26 Å². The first kappa shape index (κ1) is 50.8. The number of thioether (sulfide) groups is 1. The number of fused-ring (bicyclic) bond motifs is 5. The Labute approximate surface area is 421 Å². The zero-order chi connectivity index (χ0) is 50.2. The molecule has 1 aromatic carbocycles. The van der Waals surface area contributed by atoms with Crippen LogP contribution >= 0.6 is 25.2 Å². The molecule has 378 valence electrons. The first-order valence-electron chi connectivity index (χ1n) is 22.9. The lowest BCUT2D eigenvalue weighted by Crippen LogP contribution is -2.50. The van der Waals surface area contributed by atoms with Crippen LogP contribution in [0.25, 0.3) is 22.2 Å². The van der Waals surface area contributed by atoms with Crippen molar-refractivity contribution in [2.75, 3.05) is 32.1 Å². The van der Waals surface area contributed by atoms with E-state index in [2.05, 4.69) is 19.9 Å². The lowest BCUT2D eigenvalue weighted by atomic mass is 10.1. The molecule has 4 aromatic heterocycles. The number of halogens is 1. The Hall–Kier alpha value is -3.74. The van der Waals surface area contributed by atoms with E-state index >= 15 is 4.39 Å². The highest BCUT2D eigenvalue weighted by Crippen LogP contribution is 2.58. The Morgan fingerprint density at radius 3 is 2.41 bits per heavy atom. The van der Waals surface area contributed by atoms with Gasteiger partial charge in [0.15, 0.2) is 38.1 Å². The SMILES string of the molecule is CC(C)(C)[Si](C)(C)O[C@H]1[C@H]2OP(=S)(OCCC#N)OC[C@H]3O[C@@H](n4cc5c6c(ncnc64)SCCC5)[C@H](F)[C@@H]3OP(O)(=S)OC[C@H]1O[C@H]2n1cnc2c(=O)n(CCN3C(=O)c4ccccc4C3=O)cnc21. The van der Waals surface area contributed by atoms with E-state index in [1.54, 1.807) is 46.8 Å². The zero-order valence-electron chi connectivity index (χ0n) is 39.1. The van der Waals surface area contributed by atoms with E-state index < -0.39 is 101 Å². The maximum atomic E-state index is 17.1.